The molecular formula is C29H30N2O7. The Morgan fingerprint density at radius 2 is 1.66 bits per heavy atom. The lowest BCUT2D eigenvalue weighted by Crippen LogP contribution is -2.24. The van der Waals surface area contributed by atoms with E-state index < -0.39 is 11.9 Å². The number of hydrogen-bond acceptors (Lipinski definition) is 8. The summed E-state index contributed by atoms with van der Waals surface area (Å²) < 4.78 is 27.2. The number of nitrogens with zero attached hydrogens (tertiary/aromatic N) is 1. The van der Waals surface area contributed by atoms with Crippen LogP contribution in [0, 0.1) is 0 Å². The van der Waals surface area contributed by atoms with Crippen LogP contribution in [0.4, 0.5) is 0 Å². The van der Waals surface area contributed by atoms with E-state index in [9.17, 15) is 9.59 Å². The minimum absolute atomic E-state index is 0.251. The summed E-state index contributed by atoms with van der Waals surface area (Å²) in [5.74, 6) is 1.24. The van der Waals surface area contributed by atoms with E-state index in [0.717, 1.165) is 5.56 Å². The van der Waals surface area contributed by atoms with E-state index in [-0.39, 0.29) is 12.4 Å². The van der Waals surface area contributed by atoms with Crippen LogP contribution < -0.4 is 29.1 Å². The molecular weight excluding hydrogens is 488 g/mol. The number of benzene rings is 3. The lowest BCUT2D eigenvalue weighted by atomic mass is 10.1. The number of ether oxygens (including phenoxy) is 5. The van der Waals surface area contributed by atoms with E-state index in [2.05, 4.69) is 17.1 Å². The highest BCUT2D eigenvalue weighted by molar-refractivity contribution is 5.92. The molecule has 3 rings (SSSR count). The van der Waals surface area contributed by atoms with Gasteiger partial charge in [0.05, 0.1) is 32.6 Å². The summed E-state index contributed by atoms with van der Waals surface area (Å²) in [4.78, 5) is 24.7. The Morgan fingerprint density at radius 3 is 2.34 bits per heavy atom. The molecule has 0 fully saturated rings. The number of hydrazone groups is 1. The van der Waals surface area contributed by atoms with E-state index in [4.69, 9.17) is 23.7 Å². The zero-order chi connectivity index (χ0) is 27.3. The van der Waals surface area contributed by atoms with E-state index in [1.165, 1.54) is 13.3 Å². The predicted octanol–water partition coefficient (Wildman–Crippen LogP) is 4.58. The normalized spacial score (nSPS) is 10.5. The summed E-state index contributed by atoms with van der Waals surface area (Å²) in [6, 6.07) is 17.0. The highest BCUT2D eigenvalue weighted by Crippen LogP contribution is 2.30. The summed E-state index contributed by atoms with van der Waals surface area (Å²) in [6.45, 7) is 5.65. The van der Waals surface area contributed by atoms with Crippen molar-refractivity contribution in [2.45, 2.75) is 13.3 Å². The molecule has 0 unspecified atom stereocenters. The number of amides is 1. The Hall–Kier alpha value is -4.79. The summed E-state index contributed by atoms with van der Waals surface area (Å²) in [5, 5.41) is 3.97. The standard InChI is InChI=1S/C29H30N2O7/c1-5-7-20-8-14-24(26(16-20)35-4)37-19-28(32)31-30-18-21-9-15-25(27(17-21)36-6-2)38-29(33)22-10-12-23(34-3)13-11-22/h5,8-18H,1,6-7,19H2,2-4H3,(H,31,32)/b30-18-. The van der Waals surface area contributed by atoms with Gasteiger partial charge in [-0.15, -0.1) is 6.58 Å². The second kappa shape index (κ2) is 14.1. The van der Waals surface area contributed by atoms with Gasteiger partial charge >= 0.3 is 5.97 Å². The predicted molar refractivity (Wildman–Crippen MR) is 144 cm³/mol. The highest BCUT2D eigenvalue weighted by atomic mass is 16.6. The molecule has 9 heteroatoms. The maximum atomic E-state index is 12.5. The van der Waals surface area contributed by atoms with Crippen LogP contribution in [-0.2, 0) is 11.2 Å². The molecule has 3 aromatic rings. The van der Waals surface area contributed by atoms with Crippen molar-refractivity contribution in [2.24, 2.45) is 5.10 Å². The third-order valence-corrected chi connectivity index (χ3v) is 5.17. The fraction of sp³-hybridized carbons (Fsp3) is 0.207. The monoisotopic (exact) mass is 518 g/mol. The molecule has 0 bridgehead atoms. The van der Waals surface area contributed by atoms with Crippen molar-refractivity contribution >= 4 is 18.1 Å². The van der Waals surface area contributed by atoms with Gasteiger partial charge in [-0.25, -0.2) is 10.2 Å². The van der Waals surface area contributed by atoms with Gasteiger partial charge in [-0.05, 0) is 79.1 Å². The zero-order valence-electron chi connectivity index (χ0n) is 21.6. The van der Waals surface area contributed by atoms with Crippen LogP contribution >= 0.6 is 0 Å². The first kappa shape index (κ1) is 27.8. The highest BCUT2D eigenvalue weighted by Gasteiger charge is 2.14. The molecule has 0 radical (unpaired) electrons. The Balaban J connectivity index is 1.59. The van der Waals surface area contributed by atoms with Gasteiger partial charge in [-0.2, -0.15) is 5.10 Å². The molecule has 0 saturated carbocycles. The van der Waals surface area contributed by atoms with E-state index in [1.54, 1.807) is 61.7 Å². The molecule has 1 amide bonds. The lowest BCUT2D eigenvalue weighted by Gasteiger charge is -2.12. The molecule has 0 saturated heterocycles. The van der Waals surface area contributed by atoms with Gasteiger partial charge in [-0.3, -0.25) is 4.79 Å². The van der Waals surface area contributed by atoms with E-state index >= 15 is 0 Å². The molecule has 0 aliphatic carbocycles. The molecule has 0 aliphatic heterocycles. The van der Waals surface area contributed by atoms with Gasteiger partial charge in [0, 0.05) is 0 Å². The topological polar surface area (TPSA) is 105 Å². The van der Waals surface area contributed by atoms with Gasteiger partial charge in [0.15, 0.2) is 29.6 Å². The first-order valence-electron chi connectivity index (χ1n) is 11.8. The Morgan fingerprint density at radius 1 is 0.895 bits per heavy atom. The maximum absolute atomic E-state index is 12.5. The molecule has 3 aromatic carbocycles. The Bertz CT molecular complexity index is 1290. The van der Waals surface area contributed by atoms with Gasteiger partial charge in [0.2, 0.25) is 0 Å². The van der Waals surface area contributed by atoms with Crippen LogP contribution in [0.25, 0.3) is 0 Å². The van der Waals surface area contributed by atoms with Gasteiger partial charge in [0.25, 0.3) is 5.91 Å². The molecule has 9 nitrogen and oxygen atoms in total. The smallest absolute Gasteiger partial charge is 0.343 e. The number of rotatable bonds is 13. The van der Waals surface area contributed by atoms with Crippen LogP contribution in [0.15, 0.2) is 78.4 Å². The third kappa shape index (κ3) is 7.86. The maximum Gasteiger partial charge on any atom is 0.343 e. The molecule has 38 heavy (non-hydrogen) atoms. The molecule has 0 aliphatic rings. The molecule has 198 valence electrons. The number of allylic oxidation sites excluding steroid dienone is 1. The van der Waals surface area contributed by atoms with Gasteiger partial charge < -0.3 is 23.7 Å². The second-order valence-electron chi connectivity index (χ2n) is 7.82. The van der Waals surface area contributed by atoms with Crippen molar-refractivity contribution in [3.05, 3.63) is 90.0 Å². The average molecular weight is 519 g/mol. The van der Waals surface area contributed by atoms with E-state index in [1.807, 2.05) is 19.1 Å². The Kier molecular flexibility index (Phi) is 10.3. The van der Waals surface area contributed by atoms with E-state index in [0.29, 0.717) is 47.2 Å². The molecule has 0 aromatic heterocycles. The summed E-state index contributed by atoms with van der Waals surface area (Å²) in [6.07, 6.45) is 3.93. The largest absolute Gasteiger partial charge is 0.497 e. The average Bonchev–Trinajstić information content (AvgIpc) is 2.93. The quantitative estimate of drug-likeness (QED) is 0.116. The summed E-state index contributed by atoms with van der Waals surface area (Å²) in [5.41, 5.74) is 4.43. The number of nitrogens with one attached hydrogen (secondary N) is 1. The van der Waals surface area contributed by atoms with Crippen molar-refractivity contribution in [3.8, 4) is 28.7 Å². The Labute approximate surface area is 221 Å². The molecule has 0 spiro atoms. The number of carbonyl (C=O) groups is 2. The second-order valence-corrected chi connectivity index (χ2v) is 7.82. The van der Waals surface area contributed by atoms with Gasteiger partial charge in [-0.1, -0.05) is 12.1 Å². The third-order valence-electron chi connectivity index (χ3n) is 5.17. The number of hydrogen-bond donors (Lipinski definition) is 1. The summed E-state index contributed by atoms with van der Waals surface area (Å²) >= 11 is 0. The van der Waals surface area contributed by atoms with Crippen LogP contribution in [-0.4, -0.2) is 45.5 Å². The van der Waals surface area contributed by atoms with Crippen molar-refractivity contribution in [2.75, 3.05) is 27.4 Å². The van der Waals surface area contributed by atoms with Crippen molar-refractivity contribution < 1.29 is 33.3 Å². The van der Waals surface area contributed by atoms with Crippen LogP contribution in [0.1, 0.15) is 28.4 Å². The number of esters is 1. The molecule has 1 N–H and O–H groups in total. The lowest BCUT2D eigenvalue weighted by molar-refractivity contribution is -0.123. The van der Waals surface area contributed by atoms with Crippen LogP contribution in [0.5, 0.6) is 28.7 Å². The minimum atomic E-state index is -0.533. The van der Waals surface area contributed by atoms with Crippen molar-refractivity contribution in [3.63, 3.8) is 0 Å². The zero-order valence-corrected chi connectivity index (χ0v) is 21.6. The van der Waals surface area contributed by atoms with Crippen LogP contribution in [0.2, 0.25) is 0 Å². The van der Waals surface area contributed by atoms with Crippen molar-refractivity contribution in [1.29, 1.82) is 0 Å². The van der Waals surface area contributed by atoms with Crippen LogP contribution in [0.3, 0.4) is 0 Å². The SMILES string of the molecule is C=CCc1ccc(OCC(=O)N/N=C\c2ccc(OC(=O)c3ccc(OC)cc3)c(OCC)c2)c(OC)c1. The fourth-order valence-electron chi connectivity index (χ4n) is 3.32. The number of carbonyl (C=O) groups excluding carboxylic acids is 2. The first-order valence-corrected chi connectivity index (χ1v) is 11.8. The molecule has 0 heterocycles. The molecule has 0 atom stereocenters. The van der Waals surface area contributed by atoms with Crippen molar-refractivity contribution in [1.82, 2.24) is 5.43 Å². The summed E-state index contributed by atoms with van der Waals surface area (Å²) in [7, 11) is 3.08. The first-order chi connectivity index (χ1) is 18.5. The number of methoxy groups -OCH3 is 2. The fourth-order valence-corrected chi connectivity index (χ4v) is 3.32. The van der Waals surface area contributed by atoms with Gasteiger partial charge in [0.1, 0.15) is 5.75 Å². The minimum Gasteiger partial charge on any atom is -0.497 e.